The van der Waals surface area contributed by atoms with Crippen LogP contribution < -0.4 is 9.80 Å². The van der Waals surface area contributed by atoms with E-state index in [1.165, 1.54) is 38.5 Å². The Morgan fingerprint density at radius 3 is 1.96 bits per heavy atom. The molecule has 5 heteroatoms. The second-order valence-electron chi connectivity index (χ2n) is 7.93. The Bertz CT molecular complexity index is 760. The molecule has 5 nitrogen and oxygen atoms in total. The van der Waals surface area contributed by atoms with Gasteiger partial charge in [0, 0.05) is 32.8 Å². The highest BCUT2D eigenvalue weighted by Gasteiger charge is 2.31. The van der Waals surface area contributed by atoms with Crippen LogP contribution in [0.1, 0.15) is 38.5 Å². The first-order valence-electron chi connectivity index (χ1n) is 10.3. The van der Waals surface area contributed by atoms with Gasteiger partial charge < -0.3 is 14.5 Å². The summed E-state index contributed by atoms with van der Waals surface area (Å²) in [6, 6.07) is 8.27. The monoisotopic (exact) mass is 352 g/mol. The second kappa shape index (κ2) is 7.03. The van der Waals surface area contributed by atoms with E-state index in [1.54, 1.807) is 0 Å². The van der Waals surface area contributed by atoms with Crippen molar-refractivity contribution in [3.8, 4) is 0 Å². The number of nitrogens with zero attached hydrogens (tertiary/aromatic N) is 4. The van der Waals surface area contributed by atoms with Crippen LogP contribution in [0.25, 0.3) is 11.0 Å². The number of hydrogen-bond acceptors (Lipinski definition) is 5. The molecule has 3 aliphatic heterocycles. The maximum atomic E-state index is 5.94. The van der Waals surface area contributed by atoms with E-state index in [9.17, 15) is 0 Å². The molecule has 0 saturated carbocycles. The minimum atomic E-state index is 0.498. The fourth-order valence-electron chi connectivity index (χ4n) is 4.79. The van der Waals surface area contributed by atoms with Crippen LogP contribution in [-0.4, -0.2) is 48.9 Å². The molecule has 1 aromatic heterocycles. The number of ether oxygens (including phenoxy) is 1. The van der Waals surface area contributed by atoms with Crippen LogP contribution in [0.2, 0.25) is 0 Å². The van der Waals surface area contributed by atoms with Crippen molar-refractivity contribution in [3.05, 3.63) is 24.3 Å². The zero-order chi connectivity index (χ0) is 17.3. The van der Waals surface area contributed by atoms with E-state index >= 15 is 0 Å². The van der Waals surface area contributed by atoms with Crippen molar-refractivity contribution in [1.82, 2.24) is 9.97 Å². The Kier molecular flexibility index (Phi) is 4.41. The third kappa shape index (κ3) is 3.02. The smallest absolute Gasteiger partial charge is 0.172 e. The lowest BCUT2D eigenvalue weighted by atomic mass is 9.90. The zero-order valence-electron chi connectivity index (χ0n) is 15.4. The predicted octanol–water partition coefficient (Wildman–Crippen LogP) is 3.63. The molecular formula is C21H28N4O. The lowest BCUT2D eigenvalue weighted by molar-refractivity contribution is 0.0531. The molecule has 1 aromatic carbocycles. The third-order valence-electron chi connectivity index (χ3n) is 6.27. The highest BCUT2D eigenvalue weighted by Crippen LogP contribution is 2.35. The summed E-state index contributed by atoms with van der Waals surface area (Å²) >= 11 is 0. The quantitative estimate of drug-likeness (QED) is 0.844. The van der Waals surface area contributed by atoms with E-state index in [2.05, 4.69) is 34.1 Å². The van der Waals surface area contributed by atoms with Gasteiger partial charge in [0.05, 0.1) is 17.1 Å². The summed E-state index contributed by atoms with van der Waals surface area (Å²) in [5.41, 5.74) is 2.01. The van der Waals surface area contributed by atoms with Crippen LogP contribution >= 0.6 is 0 Å². The van der Waals surface area contributed by atoms with E-state index < -0.39 is 0 Å². The van der Waals surface area contributed by atoms with Crippen molar-refractivity contribution in [2.75, 3.05) is 42.6 Å². The van der Waals surface area contributed by atoms with E-state index in [1.807, 2.05) is 0 Å². The van der Waals surface area contributed by atoms with Gasteiger partial charge in [0.25, 0.3) is 0 Å². The molecular weight excluding hydrogens is 324 g/mol. The summed E-state index contributed by atoms with van der Waals surface area (Å²) < 4.78 is 5.94. The zero-order valence-corrected chi connectivity index (χ0v) is 15.4. The van der Waals surface area contributed by atoms with Gasteiger partial charge in [0.15, 0.2) is 11.6 Å². The van der Waals surface area contributed by atoms with Gasteiger partial charge in [-0.2, -0.15) is 0 Å². The summed E-state index contributed by atoms with van der Waals surface area (Å²) in [7, 11) is 0. The van der Waals surface area contributed by atoms with Crippen molar-refractivity contribution in [2.45, 2.75) is 44.6 Å². The summed E-state index contributed by atoms with van der Waals surface area (Å²) in [6.45, 7) is 5.30. The minimum Gasteiger partial charge on any atom is -0.378 e. The van der Waals surface area contributed by atoms with Gasteiger partial charge in [0.1, 0.15) is 0 Å². The standard InChI is InChI=1S/C21H28N4O/c1-2-7-18-17(6-1)22-20(24-11-3-4-12-24)21(23-18)25-13-9-16(10-14-25)19-8-5-15-26-19/h1-2,6-7,16,19H,3-5,8-15H2. The van der Waals surface area contributed by atoms with Gasteiger partial charge in [-0.25, -0.2) is 9.97 Å². The van der Waals surface area contributed by atoms with Gasteiger partial charge in [-0.1, -0.05) is 12.1 Å². The number of fused-ring (bicyclic) bond motifs is 1. The molecule has 1 unspecified atom stereocenters. The van der Waals surface area contributed by atoms with Crippen LogP contribution in [0.15, 0.2) is 24.3 Å². The molecule has 3 saturated heterocycles. The Balaban J connectivity index is 1.42. The SMILES string of the molecule is c1ccc2nc(N3CCC(C4CCCO4)CC3)c(N3CCCC3)nc2c1. The van der Waals surface area contributed by atoms with Crippen molar-refractivity contribution < 1.29 is 4.74 Å². The molecule has 3 aliphatic rings. The van der Waals surface area contributed by atoms with Gasteiger partial charge in [-0.05, 0) is 56.6 Å². The molecule has 0 aliphatic carbocycles. The van der Waals surface area contributed by atoms with Gasteiger partial charge in [-0.15, -0.1) is 0 Å². The molecule has 26 heavy (non-hydrogen) atoms. The molecule has 4 heterocycles. The number of rotatable bonds is 3. The van der Waals surface area contributed by atoms with Crippen LogP contribution in [0.4, 0.5) is 11.6 Å². The first-order chi connectivity index (χ1) is 12.9. The van der Waals surface area contributed by atoms with E-state index in [4.69, 9.17) is 14.7 Å². The highest BCUT2D eigenvalue weighted by molar-refractivity contribution is 5.81. The van der Waals surface area contributed by atoms with Gasteiger partial charge in [0.2, 0.25) is 0 Å². The van der Waals surface area contributed by atoms with Crippen molar-refractivity contribution in [3.63, 3.8) is 0 Å². The normalized spacial score (nSPS) is 24.7. The molecule has 3 fully saturated rings. The second-order valence-corrected chi connectivity index (χ2v) is 7.93. The molecule has 138 valence electrons. The fourth-order valence-corrected chi connectivity index (χ4v) is 4.79. The molecule has 2 aromatic rings. The maximum absolute atomic E-state index is 5.94. The van der Waals surface area contributed by atoms with Crippen molar-refractivity contribution >= 4 is 22.7 Å². The summed E-state index contributed by atoms with van der Waals surface area (Å²) in [5.74, 6) is 2.91. The summed E-state index contributed by atoms with van der Waals surface area (Å²) in [6.07, 6.45) is 7.92. The molecule has 5 rings (SSSR count). The number of para-hydroxylation sites is 2. The number of anilines is 2. The Hall–Kier alpha value is -1.88. The molecule has 0 amide bonds. The largest absolute Gasteiger partial charge is 0.378 e. The van der Waals surface area contributed by atoms with Crippen LogP contribution in [-0.2, 0) is 4.74 Å². The molecule has 1 atom stereocenters. The van der Waals surface area contributed by atoms with Gasteiger partial charge >= 0.3 is 0 Å². The predicted molar refractivity (Wildman–Crippen MR) is 105 cm³/mol. The van der Waals surface area contributed by atoms with Gasteiger partial charge in [-0.3, -0.25) is 0 Å². The highest BCUT2D eigenvalue weighted by atomic mass is 16.5. The Morgan fingerprint density at radius 2 is 1.38 bits per heavy atom. The first-order valence-corrected chi connectivity index (χ1v) is 10.3. The number of aromatic nitrogens is 2. The van der Waals surface area contributed by atoms with Crippen LogP contribution in [0.3, 0.4) is 0 Å². The van der Waals surface area contributed by atoms with E-state index in [-0.39, 0.29) is 0 Å². The van der Waals surface area contributed by atoms with Crippen LogP contribution in [0.5, 0.6) is 0 Å². The average Bonchev–Trinajstić information content (AvgIpc) is 3.41. The lowest BCUT2D eigenvalue weighted by Crippen LogP contribution is -2.39. The van der Waals surface area contributed by atoms with Crippen molar-refractivity contribution in [2.24, 2.45) is 5.92 Å². The maximum Gasteiger partial charge on any atom is 0.172 e. The number of hydrogen-bond donors (Lipinski definition) is 0. The summed E-state index contributed by atoms with van der Waals surface area (Å²) in [4.78, 5) is 15.0. The summed E-state index contributed by atoms with van der Waals surface area (Å²) in [5, 5.41) is 0. The lowest BCUT2D eigenvalue weighted by Gasteiger charge is -2.36. The number of benzene rings is 1. The molecule has 0 bridgehead atoms. The minimum absolute atomic E-state index is 0.498. The molecule has 0 N–H and O–H groups in total. The molecule has 0 spiro atoms. The third-order valence-corrected chi connectivity index (χ3v) is 6.27. The number of piperidine rings is 1. The topological polar surface area (TPSA) is 41.5 Å². The molecule has 0 radical (unpaired) electrons. The van der Waals surface area contributed by atoms with E-state index in [0.29, 0.717) is 6.10 Å². The fraction of sp³-hybridized carbons (Fsp3) is 0.619. The van der Waals surface area contributed by atoms with Crippen LogP contribution in [0, 0.1) is 5.92 Å². The average molecular weight is 352 g/mol. The van der Waals surface area contributed by atoms with E-state index in [0.717, 1.165) is 61.4 Å². The first kappa shape index (κ1) is 16.3. The Labute approximate surface area is 155 Å². The van der Waals surface area contributed by atoms with Crippen molar-refractivity contribution in [1.29, 1.82) is 0 Å². The Morgan fingerprint density at radius 1 is 0.769 bits per heavy atom.